The van der Waals surface area contributed by atoms with Crippen molar-refractivity contribution in [3.05, 3.63) is 0 Å². The minimum absolute atomic E-state index is 0. The van der Waals surface area contributed by atoms with E-state index in [1.807, 2.05) is 0 Å². The molecule has 4 N–H and O–H groups in total. The SMILES string of the molecule is Cl.Cl.O.O.[Se]. The van der Waals surface area contributed by atoms with Crippen LogP contribution >= 0.6 is 24.8 Å². The molecule has 0 saturated carbocycles. The summed E-state index contributed by atoms with van der Waals surface area (Å²) in [5.41, 5.74) is 0. The normalized spacial score (nSPS) is 0. The van der Waals surface area contributed by atoms with Crippen molar-refractivity contribution in [1.29, 1.82) is 0 Å². The summed E-state index contributed by atoms with van der Waals surface area (Å²) in [6, 6.07) is 0. The molecule has 0 spiro atoms. The van der Waals surface area contributed by atoms with E-state index in [0.717, 1.165) is 0 Å². The minimum atomic E-state index is 0. The van der Waals surface area contributed by atoms with Crippen LogP contribution in [0.15, 0.2) is 0 Å². The zero-order valence-electron chi connectivity index (χ0n) is 2.22. The molecule has 0 aromatic heterocycles. The minimum Gasteiger partial charge on any atom is -0.412 e. The molecule has 0 bridgehead atoms. The molecule has 5 heteroatoms. The van der Waals surface area contributed by atoms with Crippen LogP contribution in [0.5, 0.6) is 0 Å². The third-order valence-corrected chi connectivity index (χ3v) is 0. The molecule has 38 valence electrons. The molecule has 0 aliphatic rings. The van der Waals surface area contributed by atoms with Crippen molar-refractivity contribution in [1.82, 2.24) is 0 Å². The number of rotatable bonds is 0. The molecule has 0 unspecified atom stereocenters. The Bertz CT molecular complexity index is 7.61. The molecular formula is H6Cl2O2Se. The monoisotopic (exact) mass is 188 g/mol. The predicted molar refractivity (Wildman–Crippen MR) is 27.5 cm³/mol. The van der Waals surface area contributed by atoms with Crippen LogP contribution in [0.25, 0.3) is 0 Å². The molecular weight excluding hydrogens is 182 g/mol. The maximum atomic E-state index is 0. The van der Waals surface area contributed by atoms with Crippen LogP contribution in [0.4, 0.5) is 0 Å². The fraction of sp³-hybridized carbons (Fsp3) is 0. The molecule has 0 aromatic rings. The quantitative estimate of drug-likeness (QED) is 0.429. The molecule has 0 rings (SSSR count). The van der Waals surface area contributed by atoms with Crippen LogP contribution in [0.1, 0.15) is 0 Å². The topological polar surface area (TPSA) is 63.0 Å². The van der Waals surface area contributed by atoms with Crippen LogP contribution in [0.2, 0.25) is 0 Å². The largest absolute Gasteiger partial charge is 0.412 e. The third-order valence-electron chi connectivity index (χ3n) is 0. The summed E-state index contributed by atoms with van der Waals surface area (Å²) in [7, 11) is 0. The Morgan fingerprint density at radius 1 is 0.600 bits per heavy atom. The number of halogens is 2. The van der Waals surface area contributed by atoms with Gasteiger partial charge in [0.2, 0.25) is 0 Å². The van der Waals surface area contributed by atoms with Gasteiger partial charge in [-0.3, -0.25) is 0 Å². The Hall–Kier alpha value is 1.02. The molecule has 5 heavy (non-hydrogen) atoms. The molecule has 0 aliphatic heterocycles. The van der Waals surface area contributed by atoms with E-state index < -0.39 is 0 Å². The van der Waals surface area contributed by atoms with E-state index in [1.165, 1.54) is 0 Å². The van der Waals surface area contributed by atoms with Crippen LogP contribution in [0, 0.1) is 0 Å². The van der Waals surface area contributed by atoms with E-state index in [4.69, 9.17) is 0 Å². The van der Waals surface area contributed by atoms with Gasteiger partial charge in [0.25, 0.3) is 0 Å². The standard InChI is InChI=1S/2ClH.2H2O.Se/h2*1H;2*1H2;. The summed E-state index contributed by atoms with van der Waals surface area (Å²) >= 11 is 0. The Kier molecular flexibility index (Phi) is 2280. The first-order chi connectivity index (χ1) is 0. The smallest absolute Gasteiger partial charge is 0 e. The van der Waals surface area contributed by atoms with Gasteiger partial charge in [0.15, 0.2) is 0 Å². The van der Waals surface area contributed by atoms with E-state index in [1.54, 1.807) is 0 Å². The second-order valence-electron chi connectivity index (χ2n) is 0. The van der Waals surface area contributed by atoms with E-state index >= 15 is 0 Å². The van der Waals surface area contributed by atoms with Crippen LogP contribution in [0.3, 0.4) is 0 Å². The van der Waals surface area contributed by atoms with Gasteiger partial charge >= 0.3 is 0 Å². The van der Waals surface area contributed by atoms with Crippen molar-refractivity contribution >= 4 is 41.9 Å². The van der Waals surface area contributed by atoms with Gasteiger partial charge in [-0.15, -0.1) is 24.8 Å². The summed E-state index contributed by atoms with van der Waals surface area (Å²) in [6.45, 7) is 0. The Balaban J connectivity index is 0. The molecule has 0 fully saturated rings. The van der Waals surface area contributed by atoms with Crippen molar-refractivity contribution in [3.63, 3.8) is 0 Å². The average Bonchev–Trinajstić information content (AvgIpc) is 0. The van der Waals surface area contributed by atoms with Gasteiger partial charge in [0, 0.05) is 17.1 Å². The Labute approximate surface area is 53.2 Å². The van der Waals surface area contributed by atoms with Gasteiger partial charge < -0.3 is 11.0 Å². The molecule has 0 aromatic carbocycles. The molecule has 2 radical (unpaired) electrons. The third kappa shape index (κ3) is 44.0. The van der Waals surface area contributed by atoms with Crippen molar-refractivity contribution in [2.45, 2.75) is 0 Å². The molecule has 0 amide bonds. The van der Waals surface area contributed by atoms with Crippen molar-refractivity contribution in [3.8, 4) is 0 Å². The number of hydrogen-bond donors (Lipinski definition) is 0. The summed E-state index contributed by atoms with van der Waals surface area (Å²) in [4.78, 5) is 0. The van der Waals surface area contributed by atoms with Crippen molar-refractivity contribution in [2.75, 3.05) is 0 Å². The summed E-state index contributed by atoms with van der Waals surface area (Å²) in [5, 5.41) is 0. The zero-order valence-corrected chi connectivity index (χ0v) is 5.57. The van der Waals surface area contributed by atoms with E-state index in [9.17, 15) is 0 Å². The van der Waals surface area contributed by atoms with Gasteiger partial charge in [0.1, 0.15) is 0 Å². The van der Waals surface area contributed by atoms with E-state index in [2.05, 4.69) is 0 Å². The van der Waals surface area contributed by atoms with Crippen molar-refractivity contribution < 1.29 is 11.0 Å². The van der Waals surface area contributed by atoms with E-state index in [-0.39, 0.29) is 52.8 Å². The maximum Gasteiger partial charge on any atom is 0 e. The van der Waals surface area contributed by atoms with Crippen LogP contribution in [-0.2, 0) is 0 Å². The second kappa shape index (κ2) is 78.0. The molecule has 0 saturated heterocycles. The van der Waals surface area contributed by atoms with Crippen LogP contribution in [-0.4, -0.2) is 28.0 Å². The molecule has 0 atom stereocenters. The summed E-state index contributed by atoms with van der Waals surface area (Å²) in [5.74, 6) is 0. The van der Waals surface area contributed by atoms with Crippen LogP contribution < -0.4 is 0 Å². The van der Waals surface area contributed by atoms with Gasteiger partial charge in [-0.2, -0.15) is 0 Å². The maximum absolute atomic E-state index is 0. The van der Waals surface area contributed by atoms with Gasteiger partial charge in [-0.25, -0.2) is 0 Å². The summed E-state index contributed by atoms with van der Waals surface area (Å²) < 4.78 is 0. The van der Waals surface area contributed by atoms with Gasteiger partial charge in [-0.1, -0.05) is 0 Å². The molecule has 2 nitrogen and oxygen atoms in total. The number of hydrogen-bond acceptors (Lipinski definition) is 0. The Morgan fingerprint density at radius 3 is 0.600 bits per heavy atom. The summed E-state index contributed by atoms with van der Waals surface area (Å²) in [6.07, 6.45) is 0. The first-order valence-corrected chi connectivity index (χ1v) is 0. The fourth-order valence-corrected chi connectivity index (χ4v) is 0. The predicted octanol–water partition coefficient (Wildman–Crippen LogP) is -1.19. The van der Waals surface area contributed by atoms with Gasteiger partial charge in [-0.05, 0) is 0 Å². The van der Waals surface area contributed by atoms with Crippen molar-refractivity contribution in [2.24, 2.45) is 0 Å². The fourth-order valence-electron chi connectivity index (χ4n) is 0. The van der Waals surface area contributed by atoms with E-state index in [0.29, 0.717) is 0 Å². The average molecular weight is 188 g/mol. The Morgan fingerprint density at radius 2 is 0.600 bits per heavy atom. The molecule has 0 aliphatic carbocycles. The molecule has 0 heterocycles. The first kappa shape index (κ1) is 146. The second-order valence-corrected chi connectivity index (χ2v) is 0. The first-order valence-electron chi connectivity index (χ1n) is 0. The zero-order chi connectivity index (χ0) is 0. The van der Waals surface area contributed by atoms with Gasteiger partial charge in [0.05, 0.1) is 0 Å².